The molecule has 0 aliphatic rings. The van der Waals surface area contributed by atoms with Crippen molar-refractivity contribution < 1.29 is 4.79 Å². The van der Waals surface area contributed by atoms with Gasteiger partial charge in [-0.1, -0.05) is 0 Å². The van der Waals surface area contributed by atoms with Crippen LogP contribution in [0, 0.1) is 0 Å². The second-order valence-corrected chi connectivity index (χ2v) is 3.48. The molecule has 0 atom stereocenters. The zero-order chi connectivity index (χ0) is 11.0. The highest BCUT2D eigenvalue weighted by Gasteiger charge is 2.09. The van der Waals surface area contributed by atoms with Crippen LogP contribution in [0.3, 0.4) is 0 Å². The predicted molar refractivity (Wildman–Crippen MR) is 61.0 cm³/mol. The van der Waals surface area contributed by atoms with Gasteiger partial charge in [-0.05, 0) is 24.3 Å². The number of rotatable bonds is 2. The third-order valence-electron chi connectivity index (χ3n) is 2.58. The fourth-order valence-electron chi connectivity index (χ4n) is 1.74. The van der Waals surface area contributed by atoms with Gasteiger partial charge >= 0.3 is 0 Å². The lowest BCUT2D eigenvalue weighted by Crippen LogP contribution is -2.14. The zero-order valence-electron chi connectivity index (χ0n) is 8.74. The largest absolute Gasteiger partial charge is 0.388 e. The van der Waals surface area contributed by atoms with Gasteiger partial charge in [0.2, 0.25) is 0 Å². The van der Waals surface area contributed by atoms with E-state index in [1.807, 2.05) is 32.3 Å². The van der Waals surface area contributed by atoms with Crippen molar-refractivity contribution in [2.75, 3.05) is 12.4 Å². The third-order valence-corrected chi connectivity index (χ3v) is 2.58. The van der Waals surface area contributed by atoms with Crippen LogP contribution in [0.15, 0.2) is 24.3 Å². The summed E-state index contributed by atoms with van der Waals surface area (Å²) >= 11 is 0. The summed E-state index contributed by atoms with van der Waals surface area (Å²) < 4.78 is 1.80. The number of benzene rings is 1. The molecule has 0 aliphatic heterocycles. The molecule has 0 aliphatic carbocycles. The second-order valence-electron chi connectivity index (χ2n) is 3.48. The van der Waals surface area contributed by atoms with E-state index in [2.05, 4.69) is 5.32 Å². The molecule has 0 spiro atoms. The van der Waals surface area contributed by atoms with Crippen molar-refractivity contribution in [2.24, 2.45) is 12.8 Å². The van der Waals surface area contributed by atoms with Gasteiger partial charge in [-0.15, -0.1) is 0 Å². The number of aromatic nitrogens is 1. The van der Waals surface area contributed by atoms with Gasteiger partial charge in [0.15, 0.2) is 0 Å². The molecule has 1 heterocycles. The number of nitrogens with one attached hydrogen (secondary N) is 1. The smallest absolute Gasteiger partial charge is 0.265 e. The Bertz CT molecular complexity index is 528. The highest BCUT2D eigenvalue weighted by atomic mass is 16.1. The van der Waals surface area contributed by atoms with Crippen molar-refractivity contribution in [3.05, 3.63) is 30.0 Å². The number of nitrogens with two attached hydrogens (primary N) is 1. The Labute approximate surface area is 87.7 Å². The number of amides is 1. The average molecular weight is 203 g/mol. The van der Waals surface area contributed by atoms with Crippen molar-refractivity contribution >= 4 is 22.5 Å². The molecule has 2 aromatic rings. The zero-order valence-corrected chi connectivity index (χ0v) is 8.74. The third kappa shape index (κ3) is 1.44. The summed E-state index contributed by atoms with van der Waals surface area (Å²) in [6.07, 6.45) is 0. The van der Waals surface area contributed by atoms with Crippen LogP contribution in [0.4, 0.5) is 5.69 Å². The lowest BCUT2D eigenvalue weighted by atomic mass is 10.2. The Morgan fingerprint density at radius 2 is 2.13 bits per heavy atom. The fraction of sp³-hybridized carbons (Fsp3) is 0.182. The number of primary amides is 1. The highest BCUT2D eigenvalue weighted by molar-refractivity contribution is 5.98. The van der Waals surface area contributed by atoms with Gasteiger partial charge < -0.3 is 15.6 Å². The molecule has 0 saturated carbocycles. The SMILES string of the molecule is CNc1ccc2c(c1)cc(C(N)=O)n2C. The summed E-state index contributed by atoms with van der Waals surface area (Å²) in [5, 5.41) is 4.06. The molecular formula is C11H13N3O. The Kier molecular flexibility index (Phi) is 2.11. The van der Waals surface area contributed by atoms with Crippen LogP contribution in [0.5, 0.6) is 0 Å². The number of nitrogens with zero attached hydrogens (tertiary/aromatic N) is 1. The summed E-state index contributed by atoms with van der Waals surface area (Å²) in [4.78, 5) is 11.1. The van der Waals surface area contributed by atoms with Crippen molar-refractivity contribution in [3.63, 3.8) is 0 Å². The predicted octanol–water partition coefficient (Wildman–Crippen LogP) is 1.32. The van der Waals surface area contributed by atoms with Gasteiger partial charge in [0.25, 0.3) is 5.91 Å². The molecule has 0 radical (unpaired) electrons. The maximum atomic E-state index is 11.1. The van der Waals surface area contributed by atoms with E-state index < -0.39 is 5.91 Å². The van der Waals surface area contributed by atoms with Gasteiger partial charge in [-0.3, -0.25) is 4.79 Å². The Balaban J connectivity index is 2.70. The van der Waals surface area contributed by atoms with Gasteiger partial charge in [-0.2, -0.15) is 0 Å². The summed E-state index contributed by atoms with van der Waals surface area (Å²) in [6.45, 7) is 0. The first-order valence-corrected chi connectivity index (χ1v) is 4.70. The van der Waals surface area contributed by atoms with Gasteiger partial charge in [0.1, 0.15) is 5.69 Å². The van der Waals surface area contributed by atoms with Crippen LogP contribution in [0.1, 0.15) is 10.5 Å². The number of fused-ring (bicyclic) bond motifs is 1. The lowest BCUT2D eigenvalue weighted by Gasteiger charge is -2.01. The summed E-state index contributed by atoms with van der Waals surface area (Å²) in [5.41, 5.74) is 7.82. The molecule has 0 saturated heterocycles. The number of carbonyl (C=O) groups excluding carboxylic acids is 1. The number of hydrogen-bond acceptors (Lipinski definition) is 2. The van der Waals surface area contributed by atoms with Crippen LogP contribution in [-0.2, 0) is 7.05 Å². The first-order valence-electron chi connectivity index (χ1n) is 4.70. The minimum Gasteiger partial charge on any atom is -0.388 e. The molecule has 0 bridgehead atoms. The van der Waals surface area contributed by atoms with Crippen LogP contribution < -0.4 is 11.1 Å². The maximum Gasteiger partial charge on any atom is 0.265 e. The number of hydrogen-bond donors (Lipinski definition) is 2. The number of carbonyl (C=O) groups is 1. The molecule has 1 aromatic carbocycles. The number of aryl methyl sites for hydroxylation is 1. The molecule has 2 rings (SSSR count). The van der Waals surface area contributed by atoms with Crippen LogP contribution in [0.25, 0.3) is 10.9 Å². The summed E-state index contributed by atoms with van der Waals surface area (Å²) in [7, 11) is 3.70. The van der Waals surface area contributed by atoms with E-state index in [-0.39, 0.29) is 0 Å². The highest BCUT2D eigenvalue weighted by Crippen LogP contribution is 2.22. The molecule has 78 valence electrons. The van der Waals surface area contributed by atoms with E-state index in [0.29, 0.717) is 5.69 Å². The molecular weight excluding hydrogens is 190 g/mol. The molecule has 3 N–H and O–H groups in total. The van der Waals surface area contributed by atoms with Gasteiger partial charge in [0.05, 0.1) is 0 Å². The Morgan fingerprint density at radius 1 is 1.40 bits per heavy atom. The Hall–Kier alpha value is -1.97. The molecule has 0 fully saturated rings. The molecule has 0 unspecified atom stereocenters. The molecule has 1 aromatic heterocycles. The van der Waals surface area contributed by atoms with E-state index in [1.165, 1.54) is 0 Å². The maximum absolute atomic E-state index is 11.1. The van der Waals surface area contributed by atoms with Crippen LogP contribution >= 0.6 is 0 Å². The van der Waals surface area contributed by atoms with Crippen LogP contribution in [0.2, 0.25) is 0 Å². The molecule has 4 heteroatoms. The minimum atomic E-state index is -0.403. The second kappa shape index (κ2) is 3.31. The fourth-order valence-corrected chi connectivity index (χ4v) is 1.74. The normalized spacial score (nSPS) is 10.5. The summed E-state index contributed by atoms with van der Waals surface area (Å²) in [6, 6.07) is 7.72. The molecule has 15 heavy (non-hydrogen) atoms. The van der Waals surface area contributed by atoms with Crippen molar-refractivity contribution in [3.8, 4) is 0 Å². The standard InChI is InChI=1S/C11H13N3O/c1-13-8-3-4-9-7(5-8)6-10(11(12)15)14(9)2/h3-6,13H,1-2H3,(H2,12,15). The van der Waals surface area contributed by atoms with Crippen molar-refractivity contribution in [2.45, 2.75) is 0 Å². The average Bonchev–Trinajstić information content (AvgIpc) is 2.55. The minimum absolute atomic E-state index is 0.403. The first kappa shape index (κ1) is 9.58. The van der Waals surface area contributed by atoms with E-state index in [0.717, 1.165) is 16.6 Å². The van der Waals surface area contributed by atoms with E-state index in [1.54, 1.807) is 10.6 Å². The first-order chi connectivity index (χ1) is 7.13. The van der Waals surface area contributed by atoms with Crippen LogP contribution in [-0.4, -0.2) is 17.5 Å². The van der Waals surface area contributed by atoms with E-state index >= 15 is 0 Å². The quantitative estimate of drug-likeness (QED) is 0.773. The lowest BCUT2D eigenvalue weighted by molar-refractivity contribution is 0.0993. The monoisotopic (exact) mass is 203 g/mol. The van der Waals surface area contributed by atoms with Gasteiger partial charge in [0, 0.05) is 30.7 Å². The topological polar surface area (TPSA) is 60.0 Å². The van der Waals surface area contributed by atoms with Crippen molar-refractivity contribution in [1.82, 2.24) is 4.57 Å². The Morgan fingerprint density at radius 3 is 2.73 bits per heavy atom. The number of anilines is 1. The van der Waals surface area contributed by atoms with Crippen molar-refractivity contribution in [1.29, 1.82) is 0 Å². The molecule has 1 amide bonds. The molecule has 4 nitrogen and oxygen atoms in total. The van der Waals surface area contributed by atoms with Gasteiger partial charge in [-0.25, -0.2) is 0 Å². The summed E-state index contributed by atoms with van der Waals surface area (Å²) in [5.74, 6) is -0.403. The van der Waals surface area contributed by atoms with E-state index in [4.69, 9.17) is 5.73 Å². The van der Waals surface area contributed by atoms with E-state index in [9.17, 15) is 4.79 Å².